The first-order valence-corrected chi connectivity index (χ1v) is 19.1. The van der Waals surface area contributed by atoms with Crippen LogP contribution in [0.25, 0.3) is 0 Å². The van der Waals surface area contributed by atoms with E-state index in [1.165, 1.54) is 65.0 Å². The van der Waals surface area contributed by atoms with Gasteiger partial charge in [0.25, 0.3) is 0 Å². The average molecular weight is 667 g/mol. The van der Waals surface area contributed by atoms with E-state index in [2.05, 4.69) is 165 Å². The molecule has 0 amide bonds. The van der Waals surface area contributed by atoms with Crippen LogP contribution in [-0.4, -0.2) is 5.66 Å². The summed E-state index contributed by atoms with van der Waals surface area (Å²) in [5, 5.41) is 7.41. The number of benzene rings is 5. The van der Waals surface area contributed by atoms with Gasteiger partial charge in [0, 0.05) is 17.1 Å². The minimum absolute atomic E-state index is 0. The van der Waals surface area contributed by atoms with Gasteiger partial charge in [-0.05, 0) is 104 Å². The zero-order valence-electron chi connectivity index (χ0n) is 26.2. The summed E-state index contributed by atoms with van der Waals surface area (Å²) < 4.78 is 0. The van der Waals surface area contributed by atoms with Gasteiger partial charge >= 0.3 is 0 Å². The molecular weight excluding hydrogens is 622 g/mol. The van der Waals surface area contributed by atoms with Crippen LogP contribution in [0.15, 0.2) is 146 Å². The van der Waals surface area contributed by atoms with Crippen LogP contribution in [0.4, 0.5) is 0 Å². The van der Waals surface area contributed by atoms with Crippen molar-refractivity contribution >= 4 is 42.4 Å². The van der Waals surface area contributed by atoms with Crippen LogP contribution in [0.3, 0.4) is 0 Å². The largest absolute Gasteiger partial charge is 0.0622 e. The number of hydrogen-bond donors (Lipinski definition) is 0. The predicted octanol–water partition coefficient (Wildman–Crippen LogP) is 9.43. The maximum atomic E-state index is 2.55. The first kappa shape index (κ1) is 33.8. The van der Waals surface area contributed by atoms with Crippen molar-refractivity contribution in [2.75, 3.05) is 0 Å². The van der Waals surface area contributed by atoms with Crippen molar-refractivity contribution in [1.82, 2.24) is 0 Å². The minimum atomic E-state index is -0.619. The Morgan fingerprint density at radius 1 is 0.511 bits per heavy atom. The van der Waals surface area contributed by atoms with Gasteiger partial charge in [-0.3, -0.25) is 0 Å². The second-order valence-electron chi connectivity index (χ2n) is 12.0. The molecule has 2 saturated carbocycles. The van der Waals surface area contributed by atoms with Crippen molar-refractivity contribution in [2.45, 2.75) is 57.0 Å². The van der Waals surface area contributed by atoms with Crippen LogP contribution < -0.4 is 26.5 Å². The summed E-state index contributed by atoms with van der Waals surface area (Å²) in [6.45, 7) is 2.55. The number of hydrogen-bond acceptors (Lipinski definition) is 0. The Hall–Kier alpha value is -2.52. The van der Waals surface area contributed by atoms with Gasteiger partial charge in [0.05, 0.1) is 0 Å². The van der Waals surface area contributed by atoms with Gasteiger partial charge in [0.1, 0.15) is 0 Å². The summed E-state index contributed by atoms with van der Waals surface area (Å²) in [7, 11) is -1.07. The third-order valence-electron chi connectivity index (χ3n) is 9.18. The van der Waals surface area contributed by atoms with E-state index >= 15 is 0 Å². The summed E-state index contributed by atoms with van der Waals surface area (Å²) in [5.74, 6) is 1.26. The van der Waals surface area contributed by atoms with E-state index in [9.17, 15) is 0 Å². The molecule has 0 aliphatic heterocycles. The molecule has 5 aromatic rings. The molecule has 7 rings (SSSR count). The van der Waals surface area contributed by atoms with Crippen LogP contribution in [0.2, 0.25) is 0 Å². The van der Waals surface area contributed by atoms with Gasteiger partial charge in [0.2, 0.25) is 0 Å². The van der Waals surface area contributed by atoms with Gasteiger partial charge in [-0.1, -0.05) is 165 Å². The molecule has 5 aromatic carbocycles. The molecule has 3 atom stereocenters. The second-order valence-corrected chi connectivity index (χ2v) is 16.7. The Balaban J connectivity index is 0.000000609. The predicted molar refractivity (Wildman–Crippen MR) is 196 cm³/mol. The van der Waals surface area contributed by atoms with Gasteiger partial charge in [-0.25, -0.2) is 0 Å². The monoisotopic (exact) mass is 666 g/mol. The summed E-state index contributed by atoms with van der Waals surface area (Å²) in [4.78, 5) is 0. The van der Waals surface area contributed by atoms with Crippen molar-refractivity contribution < 1.29 is 17.1 Å². The maximum Gasteiger partial charge on any atom is 0 e. The normalized spacial score (nSPS) is 18.2. The van der Waals surface area contributed by atoms with Crippen LogP contribution in [-0.2, 0) is 17.1 Å². The maximum absolute atomic E-state index is 2.55. The van der Waals surface area contributed by atoms with Crippen molar-refractivity contribution in [1.29, 1.82) is 0 Å². The molecule has 0 nitrogen and oxygen atoms in total. The van der Waals surface area contributed by atoms with Crippen LogP contribution >= 0.6 is 15.8 Å². The van der Waals surface area contributed by atoms with Crippen molar-refractivity contribution in [3.8, 4) is 0 Å². The Labute approximate surface area is 285 Å². The van der Waals surface area contributed by atoms with Crippen LogP contribution in [0.1, 0.15) is 56.9 Å². The van der Waals surface area contributed by atoms with E-state index < -0.39 is 15.8 Å². The third kappa shape index (κ3) is 8.45. The molecule has 3 heteroatoms. The average Bonchev–Trinajstić information content (AvgIpc) is 3.84. The molecule has 230 valence electrons. The fraction of sp³-hybridized carbons (Fsp3) is 0.238. The van der Waals surface area contributed by atoms with Crippen molar-refractivity contribution in [3.05, 3.63) is 164 Å². The molecule has 0 N–H and O–H groups in total. The van der Waals surface area contributed by atoms with E-state index in [1.807, 2.05) is 0 Å². The molecule has 0 spiro atoms. The molecule has 0 heterocycles. The van der Waals surface area contributed by atoms with E-state index in [0.717, 1.165) is 0 Å². The quantitative estimate of drug-likeness (QED) is 0.114. The summed E-state index contributed by atoms with van der Waals surface area (Å²) in [5.41, 5.74) is 2.19. The topological polar surface area (TPSA) is 0 Å². The SMILES string of the molecule is C[C@H](C1CCCC1c1ccccc1P(c1ccccc1)c1ccccc1)P(c1ccccc1)c1ccccc1.[CH]1[CH]CCC1.[Fe]. The van der Waals surface area contributed by atoms with Crippen molar-refractivity contribution in [2.24, 2.45) is 5.92 Å². The smallest absolute Gasteiger partial charge is 0 e. The summed E-state index contributed by atoms with van der Waals surface area (Å²) in [6, 6.07) is 54.4. The molecule has 2 fully saturated rings. The van der Waals surface area contributed by atoms with Crippen LogP contribution in [0, 0.1) is 18.8 Å². The first-order valence-electron chi connectivity index (χ1n) is 16.3. The molecule has 2 unspecified atom stereocenters. The van der Waals surface area contributed by atoms with E-state index in [4.69, 9.17) is 0 Å². The van der Waals surface area contributed by atoms with Gasteiger partial charge in [-0.15, -0.1) is 0 Å². The second kappa shape index (κ2) is 17.4. The zero-order valence-corrected chi connectivity index (χ0v) is 29.1. The Morgan fingerprint density at radius 2 is 0.956 bits per heavy atom. The molecule has 0 aromatic heterocycles. The van der Waals surface area contributed by atoms with Gasteiger partial charge in [-0.2, -0.15) is 0 Å². The van der Waals surface area contributed by atoms with Gasteiger partial charge in [0.15, 0.2) is 0 Å². The Bertz CT molecular complexity index is 1450. The zero-order chi connectivity index (χ0) is 30.0. The Morgan fingerprint density at radius 3 is 1.42 bits per heavy atom. The summed E-state index contributed by atoms with van der Waals surface area (Å²) in [6.07, 6.45) is 12.4. The first-order chi connectivity index (χ1) is 21.8. The van der Waals surface area contributed by atoms with E-state index in [1.54, 1.807) is 5.56 Å². The fourth-order valence-electron chi connectivity index (χ4n) is 7.12. The fourth-order valence-corrected chi connectivity index (χ4v) is 12.6. The Kier molecular flexibility index (Phi) is 13.1. The molecular formula is C42H44FeP2. The third-order valence-corrected chi connectivity index (χ3v) is 14.6. The molecule has 45 heavy (non-hydrogen) atoms. The molecule has 2 aliphatic carbocycles. The standard InChI is InChI=1S/C37H36P2.C5H8.Fe/c1-29(38(30-17-6-2-7-18-30)31-19-8-3-9-20-31)34-26-16-27-35(34)36-25-14-15-28-37(36)39(32-21-10-4-11-22-32)33-23-12-5-13-24-33;1-2-4-5-3-1;/h2-15,17-25,28-29,34-35H,16,26-27H2,1H3;1-2H,3-5H2;/t29-,34?,35?;;/m1../s1. The molecule has 2 radical (unpaired) electrons. The van der Waals surface area contributed by atoms with Crippen LogP contribution in [0.5, 0.6) is 0 Å². The summed E-state index contributed by atoms with van der Waals surface area (Å²) >= 11 is 0. The number of rotatable bonds is 8. The molecule has 2 aliphatic rings. The van der Waals surface area contributed by atoms with E-state index in [-0.39, 0.29) is 17.1 Å². The van der Waals surface area contributed by atoms with Crippen molar-refractivity contribution in [3.63, 3.8) is 0 Å². The molecule has 0 saturated heterocycles. The minimum Gasteiger partial charge on any atom is -0.0622 e. The molecule has 0 bridgehead atoms. The van der Waals surface area contributed by atoms with E-state index in [0.29, 0.717) is 17.5 Å². The van der Waals surface area contributed by atoms with Gasteiger partial charge < -0.3 is 0 Å².